The van der Waals surface area contributed by atoms with Crippen LogP contribution in [0.25, 0.3) is 0 Å². The van der Waals surface area contributed by atoms with E-state index in [0.717, 1.165) is 36.9 Å². The van der Waals surface area contributed by atoms with E-state index in [1.54, 1.807) is 0 Å². The van der Waals surface area contributed by atoms with Crippen molar-refractivity contribution >= 4 is 29.3 Å². The first-order valence-corrected chi connectivity index (χ1v) is 10.4. The number of carbonyl (C=O) groups is 1. The van der Waals surface area contributed by atoms with Crippen molar-refractivity contribution in [1.82, 2.24) is 0 Å². The van der Waals surface area contributed by atoms with Crippen molar-refractivity contribution < 1.29 is 32.9 Å². The Morgan fingerprint density at radius 1 is 1.23 bits per heavy atom. The van der Waals surface area contributed by atoms with Gasteiger partial charge in [-0.05, 0) is 67.1 Å². The lowest BCUT2D eigenvalue weighted by Crippen LogP contribution is -2.63. The summed E-state index contributed by atoms with van der Waals surface area (Å²) < 4.78 is 48.0. The third-order valence-corrected chi connectivity index (χ3v) is 6.47. The van der Waals surface area contributed by atoms with Gasteiger partial charge in [0.1, 0.15) is 11.4 Å². The van der Waals surface area contributed by atoms with Gasteiger partial charge in [-0.2, -0.15) is 13.2 Å². The topological polar surface area (TPSA) is 82.0 Å². The van der Waals surface area contributed by atoms with Gasteiger partial charge in [0.15, 0.2) is 0 Å². The molecule has 31 heavy (non-hydrogen) atoms. The van der Waals surface area contributed by atoms with E-state index < -0.39 is 23.3 Å². The molecule has 1 heterocycles. The van der Waals surface area contributed by atoms with Crippen LogP contribution < -0.4 is 14.4 Å². The summed E-state index contributed by atoms with van der Waals surface area (Å²) in [7, 11) is 1.42. The van der Waals surface area contributed by atoms with E-state index >= 15 is 0 Å². The zero-order chi connectivity index (χ0) is 22.4. The fraction of sp³-hybridized carbons (Fsp3) is 0.381. The number of carboxylic acid groups (broad SMARTS) is 1. The van der Waals surface area contributed by atoms with Crippen LogP contribution in [0.1, 0.15) is 28.8 Å². The van der Waals surface area contributed by atoms with Crippen LogP contribution in [0.2, 0.25) is 0 Å². The monoisotopic (exact) mass is 454 g/mol. The number of carboxylic acids is 1. The molecule has 0 aromatic heterocycles. The number of aromatic carboxylic acids is 1. The molecule has 0 atom stereocenters. The SMILES string of the molecule is COc1ccc(C(=O)O)cc1SNc1cc(C(F)(F)F)ccc1N1CC(O)(C2CC2)C1. The van der Waals surface area contributed by atoms with E-state index in [2.05, 4.69) is 4.72 Å². The molecular formula is C21H21F3N2O4S. The van der Waals surface area contributed by atoms with Gasteiger partial charge < -0.3 is 24.6 Å². The molecule has 166 valence electrons. The average molecular weight is 454 g/mol. The van der Waals surface area contributed by atoms with Crippen molar-refractivity contribution in [3.63, 3.8) is 0 Å². The number of hydrogen-bond acceptors (Lipinski definition) is 6. The molecule has 0 bridgehead atoms. The minimum absolute atomic E-state index is 0.0339. The zero-order valence-electron chi connectivity index (χ0n) is 16.6. The first-order valence-electron chi connectivity index (χ1n) is 9.63. The van der Waals surface area contributed by atoms with Crippen LogP contribution in [0.4, 0.5) is 24.5 Å². The van der Waals surface area contributed by atoms with Crippen LogP contribution in [-0.4, -0.2) is 42.0 Å². The molecule has 4 rings (SSSR count). The Balaban J connectivity index is 1.60. The molecule has 0 spiro atoms. The zero-order valence-corrected chi connectivity index (χ0v) is 17.4. The summed E-state index contributed by atoms with van der Waals surface area (Å²) in [4.78, 5) is 13.5. The summed E-state index contributed by atoms with van der Waals surface area (Å²) >= 11 is 0.965. The molecular weight excluding hydrogens is 433 g/mol. The van der Waals surface area contributed by atoms with Gasteiger partial charge in [-0.3, -0.25) is 0 Å². The first-order chi connectivity index (χ1) is 14.6. The van der Waals surface area contributed by atoms with Gasteiger partial charge in [0, 0.05) is 13.1 Å². The molecule has 1 aliphatic carbocycles. The molecule has 2 fully saturated rings. The maximum atomic E-state index is 13.3. The Morgan fingerprint density at radius 3 is 2.52 bits per heavy atom. The van der Waals surface area contributed by atoms with Crippen LogP contribution in [0.5, 0.6) is 5.75 Å². The van der Waals surface area contributed by atoms with E-state index in [-0.39, 0.29) is 17.2 Å². The quantitative estimate of drug-likeness (QED) is 0.532. The molecule has 2 aromatic carbocycles. The number of nitrogens with one attached hydrogen (secondary N) is 1. The van der Waals surface area contributed by atoms with Gasteiger partial charge in [-0.15, -0.1) is 0 Å². The van der Waals surface area contributed by atoms with Crippen LogP contribution in [-0.2, 0) is 6.18 Å². The third kappa shape index (κ3) is 4.40. The fourth-order valence-corrected chi connectivity index (χ4v) is 4.55. The van der Waals surface area contributed by atoms with Crippen LogP contribution in [0.15, 0.2) is 41.3 Å². The maximum Gasteiger partial charge on any atom is 0.416 e. The van der Waals surface area contributed by atoms with Gasteiger partial charge in [-0.25, -0.2) is 4.79 Å². The molecule has 6 nitrogen and oxygen atoms in total. The third-order valence-electron chi connectivity index (χ3n) is 5.61. The molecule has 1 saturated carbocycles. The molecule has 3 N–H and O–H groups in total. The Kier molecular flexibility index (Phi) is 5.47. The van der Waals surface area contributed by atoms with Crippen LogP contribution >= 0.6 is 11.9 Å². The Labute approximate surface area is 181 Å². The number of alkyl halides is 3. The van der Waals surface area contributed by atoms with Crippen LogP contribution in [0, 0.1) is 5.92 Å². The molecule has 0 radical (unpaired) electrons. The molecule has 1 aliphatic heterocycles. The van der Waals surface area contributed by atoms with Crippen LogP contribution in [0.3, 0.4) is 0 Å². The maximum absolute atomic E-state index is 13.3. The summed E-state index contributed by atoms with van der Waals surface area (Å²) in [5, 5.41) is 19.8. The summed E-state index contributed by atoms with van der Waals surface area (Å²) in [6.07, 6.45) is -2.57. The van der Waals surface area contributed by atoms with E-state index in [1.165, 1.54) is 31.4 Å². The van der Waals surface area contributed by atoms with E-state index in [1.807, 2.05) is 4.90 Å². The largest absolute Gasteiger partial charge is 0.496 e. The van der Waals surface area contributed by atoms with Gasteiger partial charge >= 0.3 is 12.1 Å². The van der Waals surface area contributed by atoms with Crippen molar-refractivity contribution in [2.45, 2.75) is 29.5 Å². The second-order valence-corrected chi connectivity index (χ2v) is 8.69. The number of anilines is 2. The summed E-state index contributed by atoms with van der Waals surface area (Å²) in [6, 6.07) is 7.70. The summed E-state index contributed by atoms with van der Waals surface area (Å²) in [5.41, 5.74) is -0.790. The van der Waals surface area contributed by atoms with E-state index in [9.17, 15) is 28.2 Å². The first kappa shape index (κ1) is 21.6. The van der Waals surface area contributed by atoms with Gasteiger partial charge in [0.25, 0.3) is 0 Å². The normalized spacial score (nSPS) is 17.8. The highest BCUT2D eigenvalue weighted by atomic mass is 32.2. The van der Waals surface area contributed by atoms with Crippen molar-refractivity contribution in [2.24, 2.45) is 5.92 Å². The van der Waals surface area contributed by atoms with E-state index in [4.69, 9.17) is 4.74 Å². The number of ether oxygens (including phenoxy) is 1. The predicted molar refractivity (Wildman–Crippen MR) is 111 cm³/mol. The number of methoxy groups -OCH3 is 1. The summed E-state index contributed by atoms with van der Waals surface area (Å²) in [5.74, 6) is -0.473. The number of aliphatic hydroxyl groups is 1. The number of nitrogens with zero attached hydrogens (tertiary/aromatic N) is 1. The molecule has 10 heteroatoms. The minimum atomic E-state index is -4.51. The molecule has 1 saturated heterocycles. The number of β-amino-alcohol motifs (C(OH)–C–C–N with tert-alkyl or cyclic N) is 1. The Morgan fingerprint density at radius 2 is 1.94 bits per heavy atom. The Hall–Kier alpha value is -2.59. The number of rotatable bonds is 7. The van der Waals surface area contributed by atoms with Gasteiger partial charge in [-0.1, -0.05) is 0 Å². The lowest BCUT2D eigenvalue weighted by molar-refractivity contribution is -0.137. The Bertz CT molecular complexity index is 1000. The highest BCUT2D eigenvalue weighted by molar-refractivity contribution is 8.00. The highest BCUT2D eigenvalue weighted by Gasteiger charge is 2.52. The van der Waals surface area contributed by atoms with Crippen molar-refractivity contribution in [3.05, 3.63) is 47.5 Å². The standard InChI is InChI=1S/C21H21F3N2O4S/c1-30-17-7-2-12(19(27)28)8-18(17)31-25-15-9-14(21(22,23)24)5-6-16(15)26-10-20(29,11-26)13-3-4-13/h2,5-9,13,25,29H,3-4,10-11H2,1H3,(H,27,28). The van der Waals surface area contributed by atoms with Crippen molar-refractivity contribution in [3.8, 4) is 5.75 Å². The fourth-order valence-electron chi connectivity index (χ4n) is 3.73. The molecule has 0 amide bonds. The predicted octanol–water partition coefficient (Wildman–Crippen LogP) is 4.49. The highest BCUT2D eigenvalue weighted by Crippen LogP contribution is 2.48. The van der Waals surface area contributed by atoms with E-state index in [0.29, 0.717) is 29.4 Å². The minimum Gasteiger partial charge on any atom is -0.496 e. The van der Waals surface area contributed by atoms with Gasteiger partial charge in [0.05, 0.1) is 34.5 Å². The van der Waals surface area contributed by atoms with Crippen molar-refractivity contribution in [1.29, 1.82) is 0 Å². The second kappa shape index (κ2) is 7.83. The molecule has 0 unspecified atom stereocenters. The lowest BCUT2D eigenvalue weighted by Gasteiger charge is -2.49. The molecule has 2 aliphatic rings. The number of benzene rings is 2. The smallest absolute Gasteiger partial charge is 0.416 e. The molecule has 2 aromatic rings. The summed E-state index contributed by atoms with van der Waals surface area (Å²) in [6.45, 7) is 0.723. The number of halogens is 3. The average Bonchev–Trinajstić information content (AvgIpc) is 3.54. The van der Waals surface area contributed by atoms with Crippen molar-refractivity contribution in [2.75, 3.05) is 29.8 Å². The number of hydrogen-bond donors (Lipinski definition) is 3. The second-order valence-electron chi connectivity index (χ2n) is 7.84. The van der Waals surface area contributed by atoms with Gasteiger partial charge in [0.2, 0.25) is 0 Å². The lowest BCUT2D eigenvalue weighted by atomic mass is 9.88.